The smallest absolute Gasteiger partial charge is 0.248 e. The molecule has 0 aliphatic heterocycles. The molecule has 3 heterocycles. The number of benzene rings is 1. The van der Waals surface area contributed by atoms with Crippen LogP contribution in [0.25, 0.3) is 33.8 Å². The van der Waals surface area contributed by atoms with Crippen molar-refractivity contribution in [3.05, 3.63) is 33.2 Å². The van der Waals surface area contributed by atoms with Gasteiger partial charge in [0.05, 0.1) is 21.0 Å². The Morgan fingerprint density at radius 3 is 2.85 bits per heavy atom. The van der Waals surface area contributed by atoms with Crippen molar-refractivity contribution in [3.63, 3.8) is 0 Å². The second-order valence-electron chi connectivity index (χ2n) is 6.16. The van der Waals surface area contributed by atoms with Crippen LogP contribution in [-0.2, 0) is 13.6 Å². The fourth-order valence-corrected chi connectivity index (χ4v) is 3.72. The van der Waals surface area contributed by atoms with Crippen LogP contribution in [0.4, 0.5) is 0 Å². The summed E-state index contributed by atoms with van der Waals surface area (Å²) in [5.41, 5.74) is 9.20. The predicted molar refractivity (Wildman–Crippen MR) is 109 cm³/mol. The number of nitrogens with one attached hydrogen (secondary N) is 1. The van der Waals surface area contributed by atoms with E-state index in [9.17, 15) is 4.79 Å². The van der Waals surface area contributed by atoms with Crippen LogP contribution in [-0.4, -0.2) is 40.6 Å². The Morgan fingerprint density at radius 1 is 1.37 bits per heavy atom. The monoisotopic (exact) mass is 476 g/mol. The molecule has 0 aliphatic carbocycles. The molecule has 9 nitrogen and oxygen atoms in total. The molecule has 4 rings (SSSR count). The zero-order valence-electron chi connectivity index (χ0n) is 15.0. The molecule has 0 radical (unpaired) electrons. The predicted octanol–water partition coefficient (Wildman–Crippen LogP) is 2.25. The van der Waals surface area contributed by atoms with E-state index in [0.29, 0.717) is 22.8 Å². The lowest BCUT2D eigenvalue weighted by Crippen LogP contribution is -2.11. The number of fused-ring (bicyclic) bond motifs is 1. The van der Waals surface area contributed by atoms with Crippen LogP contribution < -0.4 is 5.73 Å². The molecule has 0 saturated carbocycles. The molecular formula is C17H17IN8O. The van der Waals surface area contributed by atoms with Crippen molar-refractivity contribution in [2.24, 2.45) is 12.8 Å². The lowest BCUT2D eigenvalue weighted by molar-refractivity contribution is 0.100. The van der Waals surface area contributed by atoms with E-state index < -0.39 is 5.91 Å². The van der Waals surface area contributed by atoms with Gasteiger partial charge in [-0.25, -0.2) is 4.98 Å². The minimum atomic E-state index is -0.510. The molecule has 0 aliphatic rings. The number of halogens is 1. The number of carbonyl (C=O) groups is 1. The number of amides is 1. The third-order valence-corrected chi connectivity index (χ3v) is 5.75. The first kappa shape index (κ1) is 17.6. The number of hydrogen-bond donors (Lipinski definition) is 2. The van der Waals surface area contributed by atoms with E-state index in [2.05, 4.69) is 48.0 Å². The normalized spacial score (nSPS) is 11.4. The van der Waals surface area contributed by atoms with Gasteiger partial charge in [0.25, 0.3) is 0 Å². The highest BCUT2D eigenvalue weighted by Crippen LogP contribution is 2.30. The molecule has 138 valence electrons. The average Bonchev–Trinajstić information content (AvgIpc) is 3.33. The number of aromatic amines is 1. The fourth-order valence-electron chi connectivity index (χ4n) is 3.08. The number of nitrogens with two attached hydrogens (primary N) is 1. The van der Waals surface area contributed by atoms with Crippen molar-refractivity contribution in [2.75, 3.05) is 0 Å². The lowest BCUT2D eigenvalue weighted by atomic mass is 10.1. The van der Waals surface area contributed by atoms with Crippen molar-refractivity contribution in [1.29, 1.82) is 0 Å². The Bertz CT molecular complexity index is 1190. The van der Waals surface area contributed by atoms with E-state index in [1.165, 1.54) is 0 Å². The van der Waals surface area contributed by atoms with E-state index in [-0.39, 0.29) is 0 Å². The molecule has 27 heavy (non-hydrogen) atoms. The Balaban J connectivity index is 1.91. The summed E-state index contributed by atoms with van der Waals surface area (Å²) in [6.45, 7) is 4.71. The van der Waals surface area contributed by atoms with Gasteiger partial charge >= 0.3 is 0 Å². The quantitative estimate of drug-likeness (QED) is 0.438. The molecule has 4 aromatic rings. The standard InChI is InChI=1S/C17H17IN8O/c1-4-26-14(13(18)8(2)24-26)17-21-16(22-23-17)10-5-9(15(19)27)6-12-11(10)7-20-25(12)3/h5-7H,4H2,1-3H3,(H2,19,27)(H,21,22,23). The third kappa shape index (κ3) is 2.80. The summed E-state index contributed by atoms with van der Waals surface area (Å²) in [6, 6.07) is 3.42. The van der Waals surface area contributed by atoms with Crippen molar-refractivity contribution in [2.45, 2.75) is 20.4 Å². The van der Waals surface area contributed by atoms with Gasteiger partial charge in [-0.2, -0.15) is 15.3 Å². The summed E-state index contributed by atoms with van der Waals surface area (Å²) >= 11 is 2.26. The van der Waals surface area contributed by atoms with Crippen LogP contribution >= 0.6 is 22.6 Å². The first-order chi connectivity index (χ1) is 12.9. The number of primary amides is 1. The number of aromatic nitrogens is 7. The maximum atomic E-state index is 11.8. The highest BCUT2D eigenvalue weighted by Gasteiger charge is 2.20. The molecule has 10 heteroatoms. The Labute approximate surface area is 168 Å². The third-order valence-electron chi connectivity index (χ3n) is 4.46. The summed E-state index contributed by atoms with van der Waals surface area (Å²) in [4.78, 5) is 16.4. The fraction of sp³-hybridized carbons (Fsp3) is 0.235. The molecule has 0 spiro atoms. The molecule has 0 fully saturated rings. The van der Waals surface area contributed by atoms with Gasteiger partial charge in [0.15, 0.2) is 11.6 Å². The van der Waals surface area contributed by atoms with Gasteiger partial charge in [0.1, 0.15) is 5.69 Å². The molecular weight excluding hydrogens is 459 g/mol. The minimum absolute atomic E-state index is 0.386. The second-order valence-corrected chi connectivity index (χ2v) is 7.24. The number of aryl methyl sites for hydroxylation is 3. The second kappa shape index (κ2) is 6.44. The number of nitrogens with zero attached hydrogens (tertiary/aromatic N) is 6. The Morgan fingerprint density at radius 2 is 2.15 bits per heavy atom. The molecule has 0 unspecified atom stereocenters. The maximum absolute atomic E-state index is 11.8. The van der Waals surface area contributed by atoms with Crippen LogP contribution in [0.15, 0.2) is 18.3 Å². The molecule has 1 amide bonds. The highest BCUT2D eigenvalue weighted by molar-refractivity contribution is 14.1. The first-order valence-electron chi connectivity index (χ1n) is 8.32. The van der Waals surface area contributed by atoms with Gasteiger partial charge < -0.3 is 5.73 Å². The van der Waals surface area contributed by atoms with Gasteiger partial charge in [-0.1, -0.05) is 0 Å². The van der Waals surface area contributed by atoms with Crippen LogP contribution in [0.5, 0.6) is 0 Å². The maximum Gasteiger partial charge on any atom is 0.248 e. The summed E-state index contributed by atoms with van der Waals surface area (Å²) in [6.07, 6.45) is 1.73. The average molecular weight is 476 g/mol. The van der Waals surface area contributed by atoms with Crippen LogP contribution in [0.1, 0.15) is 23.0 Å². The summed E-state index contributed by atoms with van der Waals surface area (Å²) in [7, 11) is 1.81. The van der Waals surface area contributed by atoms with Gasteiger partial charge in [-0.05, 0) is 48.6 Å². The topological polar surface area (TPSA) is 120 Å². The molecule has 0 saturated heterocycles. The molecule has 3 N–H and O–H groups in total. The zero-order valence-corrected chi connectivity index (χ0v) is 17.1. The van der Waals surface area contributed by atoms with E-state index in [1.807, 2.05) is 25.6 Å². The Hall–Kier alpha value is -2.76. The van der Waals surface area contributed by atoms with Crippen molar-refractivity contribution >= 4 is 39.4 Å². The summed E-state index contributed by atoms with van der Waals surface area (Å²) < 4.78 is 4.60. The van der Waals surface area contributed by atoms with Gasteiger partial charge in [0.2, 0.25) is 5.91 Å². The van der Waals surface area contributed by atoms with Crippen molar-refractivity contribution < 1.29 is 4.79 Å². The SMILES string of the molecule is CCn1nc(C)c(I)c1-c1nc(-c2cc(C(N)=O)cc3c2cnn3C)n[nH]1. The molecule has 0 bridgehead atoms. The van der Waals surface area contributed by atoms with Gasteiger partial charge in [0, 0.05) is 30.1 Å². The number of H-pyrrole nitrogens is 1. The molecule has 3 aromatic heterocycles. The number of hydrogen-bond acceptors (Lipinski definition) is 5. The highest BCUT2D eigenvalue weighted by atomic mass is 127. The number of rotatable bonds is 4. The van der Waals surface area contributed by atoms with Gasteiger partial charge in [-0.3, -0.25) is 19.3 Å². The zero-order chi connectivity index (χ0) is 19.3. The molecule has 1 aromatic carbocycles. The van der Waals surface area contributed by atoms with Gasteiger partial charge in [-0.15, -0.1) is 0 Å². The number of carbonyl (C=O) groups excluding carboxylic acids is 1. The van der Waals surface area contributed by atoms with E-state index in [4.69, 9.17) is 5.73 Å². The van der Waals surface area contributed by atoms with Crippen molar-refractivity contribution in [3.8, 4) is 22.9 Å². The Kier molecular flexibility index (Phi) is 4.21. The van der Waals surface area contributed by atoms with Crippen LogP contribution in [0, 0.1) is 10.5 Å². The minimum Gasteiger partial charge on any atom is -0.366 e. The van der Waals surface area contributed by atoms with Crippen molar-refractivity contribution in [1.82, 2.24) is 34.7 Å². The van der Waals surface area contributed by atoms with Crippen LogP contribution in [0.3, 0.4) is 0 Å². The first-order valence-corrected chi connectivity index (χ1v) is 9.40. The van der Waals surface area contributed by atoms with E-state index >= 15 is 0 Å². The van der Waals surface area contributed by atoms with E-state index in [1.54, 1.807) is 23.0 Å². The molecule has 0 atom stereocenters. The van der Waals surface area contributed by atoms with Crippen LogP contribution in [0.2, 0.25) is 0 Å². The summed E-state index contributed by atoms with van der Waals surface area (Å²) in [5, 5.41) is 17.0. The van der Waals surface area contributed by atoms with E-state index in [0.717, 1.165) is 32.4 Å². The summed E-state index contributed by atoms with van der Waals surface area (Å²) in [5.74, 6) is 0.589. The lowest BCUT2D eigenvalue weighted by Gasteiger charge is -2.03. The largest absolute Gasteiger partial charge is 0.366 e.